The van der Waals surface area contributed by atoms with Gasteiger partial charge in [-0.3, -0.25) is 4.18 Å². The van der Waals surface area contributed by atoms with E-state index in [2.05, 4.69) is 17.2 Å². The third kappa shape index (κ3) is 5.27. The third-order valence-corrected chi connectivity index (χ3v) is 5.25. The smallest absolute Gasteiger partial charge is 0.240 e. The molecule has 1 aromatic heterocycles. The van der Waals surface area contributed by atoms with Gasteiger partial charge in [0.15, 0.2) is 6.54 Å². The van der Waals surface area contributed by atoms with E-state index in [0.717, 1.165) is 49.5 Å². The largest absolute Gasteiger partial charge is 0.726 e. The van der Waals surface area contributed by atoms with Crippen molar-refractivity contribution in [1.82, 2.24) is 5.10 Å². The predicted molar refractivity (Wildman–Crippen MR) is 106 cm³/mol. The van der Waals surface area contributed by atoms with Crippen molar-refractivity contribution in [3.05, 3.63) is 45.4 Å². The van der Waals surface area contributed by atoms with Crippen LogP contribution in [-0.2, 0) is 21.1 Å². The zero-order valence-corrected chi connectivity index (χ0v) is 17.7. The maximum atomic E-state index is 9.45. The van der Waals surface area contributed by atoms with Crippen LogP contribution >= 0.6 is 23.2 Å². The highest BCUT2D eigenvalue weighted by molar-refractivity contribution is 7.80. The van der Waals surface area contributed by atoms with Crippen LogP contribution in [0, 0.1) is 13.8 Å². The van der Waals surface area contributed by atoms with Crippen molar-refractivity contribution in [3.63, 3.8) is 0 Å². The van der Waals surface area contributed by atoms with Crippen LogP contribution in [0.5, 0.6) is 0 Å². The second-order valence-electron chi connectivity index (χ2n) is 5.87. The fourth-order valence-corrected chi connectivity index (χ4v) is 3.25. The van der Waals surface area contributed by atoms with Gasteiger partial charge in [0.2, 0.25) is 15.9 Å². The van der Waals surface area contributed by atoms with Crippen molar-refractivity contribution < 1.29 is 21.8 Å². The van der Waals surface area contributed by atoms with Gasteiger partial charge >= 0.3 is 0 Å². The molecule has 9 heteroatoms. The van der Waals surface area contributed by atoms with Gasteiger partial charge in [-0.15, -0.1) is 0 Å². The van der Waals surface area contributed by atoms with Crippen LogP contribution in [0.4, 0.5) is 0 Å². The number of halogens is 2. The summed E-state index contributed by atoms with van der Waals surface area (Å²) in [6.07, 6.45) is 0. The van der Waals surface area contributed by atoms with Crippen LogP contribution in [0.15, 0.2) is 24.3 Å². The van der Waals surface area contributed by atoms with Crippen LogP contribution in [0.25, 0.3) is 21.8 Å². The van der Waals surface area contributed by atoms with Gasteiger partial charge in [-0.2, -0.15) is 0 Å². The number of rotatable bonds is 3. The lowest BCUT2D eigenvalue weighted by Crippen LogP contribution is -2.37. The summed E-state index contributed by atoms with van der Waals surface area (Å²) < 4.78 is 34.0. The maximum Gasteiger partial charge on any atom is 0.240 e. The monoisotopic (exact) mass is 430 g/mol. The summed E-state index contributed by atoms with van der Waals surface area (Å²) in [6.45, 7) is 8.24. The first kappa shape index (κ1) is 21.8. The van der Waals surface area contributed by atoms with Gasteiger partial charge in [0.25, 0.3) is 0 Å². The highest BCUT2D eigenvalue weighted by Gasteiger charge is 2.16. The molecule has 2 aromatic carbocycles. The quantitative estimate of drug-likeness (QED) is 0.270. The Morgan fingerprint density at radius 2 is 1.59 bits per heavy atom. The fourth-order valence-electron chi connectivity index (χ4n) is 2.63. The first-order valence-electron chi connectivity index (χ1n) is 8.27. The minimum absolute atomic E-state index is 0.0914. The van der Waals surface area contributed by atoms with Crippen LogP contribution in [0.3, 0.4) is 0 Å². The Balaban J connectivity index is 0.000000321. The first-order chi connectivity index (χ1) is 12.6. The molecule has 0 aliphatic rings. The second kappa shape index (κ2) is 8.67. The van der Waals surface area contributed by atoms with E-state index < -0.39 is 10.4 Å². The molecule has 0 N–H and O–H groups in total. The number of aryl methyl sites for hydroxylation is 3. The van der Waals surface area contributed by atoms with Crippen LogP contribution < -0.4 is 4.68 Å². The minimum Gasteiger partial charge on any atom is -0.726 e. The highest BCUT2D eigenvalue weighted by atomic mass is 35.5. The maximum absolute atomic E-state index is 9.45. The summed E-state index contributed by atoms with van der Waals surface area (Å²) in [6, 6.07) is 8.10. The second-order valence-corrected chi connectivity index (χ2v) is 7.73. The molecular formula is C18H20Cl2N2O4S. The molecule has 3 rings (SSSR count). The Morgan fingerprint density at radius 3 is 2.07 bits per heavy atom. The summed E-state index contributed by atoms with van der Waals surface area (Å²) >= 11 is 12.6. The lowest BCUT2D eigenvalue weighted by atomic mass is 10.1. The number of benzene rings is 2. The highest BCUT2D eigenvalue weighted by Crippen LogP contribution is 2.30. The summed E-state index contributed by atoms with van der Waals surface area (Å²) in [7, 11) is -4.42. The van der Waals surface area contributed by atoms with Gasteiger partial charge in [0.1, 0.15) is 5.52 Å². The van der Waals surface area contributed by atoms with Crippen LogP contribution in [0.1, 0.15) is 25.0 Å². The number of aromatic nitrogens is 2. The molecule has 0 aliphatic heterocycles. The Kier molecular flexibility index (Phi) is 6.99. The molecule has 0 amide bonds. The van der Waals surface area contributed by atoms with E-state index in [-0.39, 0.29) is 6.61 Å². The molecule has 0 saturated heterocycles. The van der Waals surface area contributed by atoms with E-state index in [1.54, 1.807) is 0 Å². The molecule has 27 heavy (non-hydrogen) atoms. The van der Waals surface area contributed by atoms with Crippen LogP contribution in [0.2, 0.25) is 10.0 Å². The summed E-state index contributed by atoms with van der Waals surface area (Å²) in [5, 5.41) is 8.37. The minimum atomic E-state index is -4.42. The van der Waals surface area contributed by atoms with Crippen molar-refractivity contribution >= 4 is 55.4 Å². The number of hydrogen-bond acceptors (Lipinski definition) is 5. The molecule has 0 aliphatic carbocycles. The van der Waals surface area contributed by atoms with E-state index in [0.29, 0.717) is 0 Å². The van der Waals surface area contributed by atoms with Gasteiger partial charge in [0, 0.05) is 26.6 Å². The lowest BCUT2D eigenvalue weighted by Gasteiger charge is -2.06. The lowest BCUT2D eigenvalue weighted by molar-refractivity contribution is -0.724. The van der Waals surface area contributed by atoms with Crippen molar-refractivity contribution in [2.75, 3.05) is 6.61 Å². The Labute approximate surface area is 168 Å². The average Bonchev–Trinajstić information content (AvgIpc) is 2.57. The summed E-state index contributed by atoms with van der Waals surface area (Å²) in [4.78, 5) is 0. The molecule has 1 heterocycles. The molecule has 0 radical (unpaired) electrons. The Hall–Kier alpha value is -1.51. The Bertz CT molecular complexity index is 1100. The van der Waals surface area contributed by atoms with Crippen LogP contribution in [-0.4, -0.2) is 24.7 Å². The van der Waals surface area contributed by atoms with Gasteiger partial charge < -0.3 is 4.55 Å². The number of hydrogen-bond donors (Lipinski definition) is 0. The Morgan fingerprint density at radius 1 is 1.04 bits per heavy atom. The molecule has 0 unspecified atom stereocenters. The normalized spacial score (nSPS) is 11.5. The van der Waals surface area contributed by atoms with Gasteiger partial charge in [-0.25, -0.2) is 8.42 Å². The van der Waals surface area contributed by atoms with E-state index in [1.165, 1.54) is 6.92 Å². The van der Waals surface area contributed by atoms with E-state index in [9.17, 15) is 13.0 Å². The van der Waals surface area contributed by atoms with Crippen molar-refractivity contribution in [1.29, 1.82) is 0 Å². The summed E-state index contributed by atoms with van der Waals surface area (Å²) in [5.74, 6) is 0. The van der Waals surface area contributed by atoms with Gasteiger partial charge in [0.05, 0.1) is 12.0 Å². The predicted octanol–water partition coefficient (Wildman–Crippen LogP) is 4.10. The van der Waals surface area contributed by atoms with Crippen molar-refractivity contribution in [2.24, 2.45) is 0 Å². The van der Waals surface area contributed by atoms with Crippen molar-refractivity contribution in [2.45, 2.75) is 34.2 Å². The zero-order chi connectivity index (χ0) is 20.4. The SMILES string of the molecule is CCOS(=O)(=O)[O-].CC[n+]1nc2cc(C)c(Cl)cc2c2cc(Cl)c(C)cc21. The standard InChI is InChI=1S/C16H15Cl2N2.C2H6O4S/c1-4-20-16-6-10(3)14(18)8-12(16)11-7-13(17)9(2)5-15(11)19-20;1-2-6-7(3,4)5/h5-8H,4H2,1-3H3;2H2,1H3,(H,3,4,5)/q+1;/p-1. The van der Waals surface area contributed by atoms with Gasteiger partial charge in [-0.05, 0) is 57.0 Å². The van der Waals surface area contributed by atoms with E-state index >= 15 is 0 Å². The average molecular weight is 431 g/mol. The first-order valence-corrected chi connectivity index (χ1v) is 10.4. The molecule has 146 valence electrons. The van der Waals surface area contributed by atoms with Crippen molar-refractivity contribution in [3.8, 4) is 0 Å². The molecule has 0 bridgehead atoms. The number of nitrogens with zero attached hydrogens (tertiary/aromatic N) is 2. The zero-order valence-electron chi connectivity index (χ0n) is 15.4. The fraction of sp³-hybridized carbons (Fsp3) is 0.333. The molecule has 0 spiro atoms. The topological polar surface area (TPSA) is 83.2 Å². The summed E-state index contributed by atoms with van der Waals surface area (Å²) in [5.41, 5.74) is 4.12. The number of fused-ring (bicyclic) bond motifs is 3. The molecule has 6 nitrogen and oxygen atoms in total. The van der Waals surface area contributed by atoms with E-state index in [1.807, 2.05) is 36.7 Å². The van der Waals surface area contributed by atoms with E-state index in [4.69, 9.17) is 28.3 Å². The third-order valence-electron chi connectivity index (χ3n) is 3.91. The molecule has 0 saturated carbocycles. The molecule has 3 aromatic rings. The molecular weight excluding hydrogens is 411 g/mol. The molecule has 0 atom stereocenters. The molecule has 0 fully saturated rings. The van der Waals surface area contributed by atoms with Gasteiger partial charge in [-0.1, -0.05) is 27.9 Å².